The highest BCUT2D eigenvalue weighted by Gasteiger charge is 2.28. The predicted molar refractivity (Wildman–Crippen MR) is 46.5 cm³/mol. The molecule has 1 nitrogen and oxygen atoms in total. The van der Waals surface area contributed by atoms with Gasteiger partial charge in [0.25, 0.3) is 0 Å². The van der Waals surface area contributed by atoms with Crippen molar-refractivity contribution in [3.05, 3.63) is 23.8 Å². The first kappa shape index (κ1) is 8.54. The van der Waals surface area contributed by atoms with E-state index in [-0.39, 0.29) is 5.24 Å². The Morgan fingerprint density at radius 2 is 2.36 bits per heavy atom. The van der Waals surface area contributed by atoms with Crippen LogP contribution in [0.1, 0.15) is 20.3 Å². The molecule has 60 valence electrons. The predicted octanol–water partition coefficient (Wildman–Crippen LogP) is 2.66. The molecule has 2 heteroatoms. The molecule has 0 amide bonds. The van der Waals surface area contributed by atoms with Crippen LogP contribution in [0.4, 0.5) is 0 Å². The van der Waals surface area contributed by atoms with Crippen molar-refractivity contribution >= 4 is 16.8 Å². The van der Waals surface area contributed by atoms with Gasteiger partial charge in [0.2, 0.25) is 5.24 Å². The lowest BCUT2D eigenvalue weighted by Crippen LogP contribution is -2.21. The van der Waals surface area contributed by atoms with E-state index in [0.29, 0.717) is 0 Å². The van der Waals surface area contributed by atoms with Crippen molar-refractivity contribution in [1.82, 2.24) is 0 Å². The third-order valence-electron chi connectivity index (χ3n) is 2.01. The molecular formula is C9H11ClO. The van der Waals surface area contributed by atoms with E-state index in [1.807, 2.05) is 32.1 Å². The maximum Gasteiger partial charge on any atom is 0.231 e. The van der Waals surface area contributed by atoms with Crippen molar-refractivity contribution in [2.24, 2.45) is 5.41 Å². The average molecular weight is 171 g/mol. The number of hydrogen-bond donors (Lipinski definition) is 0. The van der Waals surface area contributed by atoms with Gasteiger partial charge in [-0.25, -0.2) is 0 Å². The summed E-state index contributed by atoms with van der Waals surface area (Å²) in [5, 5.41) is -0.280. The van der Waals surface area contributed by atoms with Crippen molar-refractivity contribution in [3.63, 3.8) is 0 Å². The van der Waals surface area contributed by atoms with Gasteiger partial charge in [-0.3, -0.25) is 4.79 Å². The summed E-state index contributed by atoms with van der Waals surface area (Å²) >= 11 is 5.43. The van der Waals surface area contributed by atoms with Gasteiger partial charge >= 0.3 is 0 Å². The van der Waals surface area contributed by atoms with Crippen LogP contribution in [-0.2, 0) is 4.79 Å². The molecule has 1 unspecified atom stereocenters. The zero-order valence-corrected chi connectivity index (χ0v) is 7.48. The number of halogens is 1. The first-order valence-electron chi connectivity index (χ1n) is 3.60. The second-order valence-corrected chi connectivity index (χ2v) is 3.52. The van der Waals surface area contributed by atoms with E-state index < -0.39 is 5.41 Å². The lowest BCUT2D eigenvalue weighted by atomic mass is 9.83. The van der Waals surface area contributed by atoms with Crippen molar-refractivity contribution in [2.75, 3.05) is 0 Å². The monoisotopic (exact) mass is 170 g/mol. The van der Waals surface area contributed by atoms with Gasteiger partial charge in [-0.15, -0.1) is 0 Å². The van der Waals surface area contributed by atoms with Crippen molar-refractivity contribution in [3.8, 4) is 0 Å². The van der Waals surface area contributed by atoms with E-state index in [1.54, 1.807) is 0 Å². The molecule has 1 atom stereocenters. The molecule has 1 aliphatic rings. The minimum atomic E-state index is -0.471. The summed E-state index contributed by atoms with van der Waals surface area (Å²) in [7, 11) is 0. The van der Waals surface area contributed by atoms with Crippen LogP contribution in [0, 0.1) is 5.41 Å². The quantitative estimate of drug-likeness (QED) is 0.553. The Morgan fingerprint density at radius 3 is 2.73 bits per heavy atom. The Kier molecular flexibility index (Phi) is 2.19. The zero-order chi connectivity index (χ0) is 8.48. The first-order valence-corrected chi connectivity index (χ1v) is 3.98. The second-order valence-electron chi connectivity index (χ2n) is 3.18. The third kappa shape index (κ3) is 1.72. The van der Waals surface area contributed by atoms with E-state index in [2.05, 4.69) is 0 Å². The fourth-order valence-corrected chi connectivity index (χ4v) is 1.11. The van der Waals surface area contributed by atoms with Crippen molar-refractivity contribution in [2.45, 2.75) is 20.3 Å². The molecule has 0 radical (unpaired) electrons. The Morgan fingerprint density at radius 1 is 1.73 bits per heavy atom. The van der Waals surface area contributed by atoms with Gasteiger partial charge in [0, 0.05) is 0 Å². The Labute approximate surface area is 71.7 Å². The maximum atomic E-state index is 10.9. The molecule has 0 aliphatic heterocycles. The molecule has 0 heterocycles. The fraction of sp³-hybridized carbons (Fsp3) is 0.444. The standard InChI is InChI=1S/C9H11ClO/c1-7-3-5-9(2,6-4-7)8(10)11/h3-5H,6H2,1-2H3. The topological polar surface area (TPSA) is 17.1 Å². The summed E-state index contributed by atoms with van der Waals surface area (Å²) in [6.07, 6.45) is 6.55. The molecule has 0 aromatic heterocycles. The van der Waals surface area contributed by atoms with Crippen molar-refractivity contribution < 1.29 is 4.79 Å². The smallest absolute Gasteiger partial charge is 0.231 e. The van der Waals surface area contributed by atoms with Crippen LogP contribution in [0.5, 0.6) is 0 Å². The van der Waals surface area contributed by atoms with E-state index in [0.717, 1.165) is 6.42 Å². The molecule has 0 saturated carbocycles. The van der Waals surface area contributed by atoms with Gasteiger partial charge in [0.15, 0.2) is 0 Å². The minimum absolute atomic E-state index is 0.280. The van der Waals surface area contributed by atoms with E-state index in [1.165, 1.54) is 5.57 Å². The molecule has 0 N–H and O–H groups in total. The summed E-state index contributed by atoms with van der Waals surface area (Å²) in [5.74, 6) is 0. The molecule has 0 spiro atoms. The Balaban J connectivity index is 2.82. The zero-order valence-electron chi connectivity index (χ0n) is 6.73. The van der Waals surface area contributed by atoms with Crippen LogP contribution >= 0.6 is 11.6 Å². The van der Waals surface area contributed by atoms with E-state index >= 15 is 0 Å². The Hall–Kier alpha value is -0.560. The number of hydrogen-bond acceptors (Lipinski definition) is 1. The fourth-order valence-electron chi connectivity index (χ4n) is 0.970. The highest BCUT2D eigenvalue weighted by atomic mass is 35.5. The highest BCUT2D eigenvalue weighted by Crippen LogP contribution is 2.31. The van der Waals surface area contributed by atoms with Gasteiger partial charge in [-0.1, -0.05) is 23.8 Å². The molecule has 1 rings (SSSR count). The lowest BCUT2D eigenvalue weighted by molar-refractivity contribution is -0.117. The van der Waals surface area contributed by atoms with Gasteiger partial charge in [-0.05, 0) is 31.9 Å². The molecule has 0 aromatic carbocycles. The largest absolute Gasteiger partial charge is 0.280 e. The summed E-state index contributed by atoms with van der Waals surface area (Å²) in [6, 6.07) is 0. The molecule has 0 aromatic rings. The van der Waals surface area contributed by atoms with Gasteiger partial charge in [0.05, 0.1) is 5.41 Å². The molecule has 0 fully saturated rings. The number of carbonyl (C=O) groups excluding carboxylic acids is 1. The third-order valence-corrected chi connectivity index (χ3v) is 2.44. The van der Waals surface area contributed by atoms with Crippen LogP contribution in [0.15, 0.2) is 23.8 Å². The molecular weight excluding hydrogens is 160 g/mol. The normalized spacial score (nSPS) is 29.9. The SMILES string of the molecule is CC1=CCC(C)(C(=O)Cl)C=C1. The first-order chi connectivity index (χ1) is 5.04. The minimum Gasteiger partial charge on any atom is -0.280 e. The summed E-state index contributed by atoms with van der Waals surface area (Å²) in [5.41, 5.74) is 0.724. The Bertz CT molecular complexity index is 240. The molecule has 0 bridgehead atoms. The number of allylic oxidation sites excluding steroid dienone is 4. The van der Waals surface area contributed by atoms with Crippen LogP contribution in [-0.4, -0.2) is 5.24 Å². The van der Waals surface area contributed by atoms with Crippen LogP contribution in [0.3, 0.4) is 0 Å². The molecule has 0 saturated heterocycles. The van der Waals surface area contributed by atoms with Crippen LogP contribution in [0.25, 0.3) is 0 Å². The average Bonchev–Trinajstić information content (AvgIpc) is 1.95. The van der Waals surface area contributed by atoms with Crippen LogP contribution < -0.4 is 0 Å². The van der Waals surface area contributed by atoms with Gasteiger partial charge < -0.3 is 0 Å². The maximum absolute atomic E-state index is 10.9. The van der Waals surface area contributed by atoms with Crippen LogP contribution in [0.2, 0.25) is 0 Å². The van der Waals surface area contributed by atoms with E-state index in [4.69, 9.17) is 11.6 Å². The summed E-state index contributed by atoms with van der Waals surface area (Å²) in [4.78, 5) is 10.9. The van der Waals surface area contributed by atoms with Crippen molar-refractivity contribution in [1.29, 1.82) is 0 Å². The molecule has 11 heavy (non-hydrogen) atoms. The van der Waals surface area contributed by atoms with Gasteiger partial charge in [0.1, 0.15) is 0 Å². The number of carbonyl (C=O) groups is 1. The highest BCUT2D eigenvalue weighted by molar-refractivity contribution is 6.64. The van der Waals surface area contributed by atoms with Gasteiger partial charge in [-0.2, -0.15) is 0 Å². The summed E-state index contributed by atoms with van der Waals surface area (Å²) in [6.45, 7) is 3.86. The molecule has 1 aliphatic carbocycles. The van der Waals surface area contributed by atoms with E-state index in [9.17, 15) is 4.79 Å². The number of rotatable bonds is 1. The summed E-state index contributed by atoms with van der Waals surface area (Å²) < 4.78 is 0. The second kappa shape index (κ2) is 2.82. The lowest BCUT2D eigenvalue weighted by Gasteiger charge is -2.22.